The van der Waals surface area contributed by atoms with Crippen LogP contribution in [0, 0.1) is 11.3 Å². The molecule has 0 radical (unpaired) electrons. The lowest BCUT2D eigenvalue weighted by Gasteiger charge is -2.02. The van der Waals surface area contributed by atoms with Crippen molar-refractivity contribution in [3.05, 3.63) is 0 Å². The molecule has 1 aliphatic carbocycles. The van der Waals surface area contributed by atoms with E-state index in [9.17, 15) is 4.79 Å². The van der Waals surface area contributed by atoms with Gasteiger partial charge in [-0.1, -0.05) is 20.3 Å². The molecule has 0 bridgehead atoms. The normalized spacial score (nSPS) is 40.6. The molecule has 0 aliphatic heterocycles. The summed E-state index contributed by atoms with van der Waals surface area (Å²) in [5, 5.41) is 0. The van der Waals surface area contributed by atoms with Crippen LogP contribution in [0.5, 0.6) is 0 Å². The average molecular weight is 126 g/mol. The largest absolute Gasteiger partial charge is 0.299 e. The first-order valence-corrected chi connectivity index (χ1v) is 3.62. The molecule has 1 aliphatic rings. The zero-order valence-electron chi connectivity index (χ0n) is 6.40. The molecule has 0 aromatic rings. The summed E-state index contributed by atoms with van der Waals surface area (Å²) in [7, 11) is 0. The Bertz CT molecular complexity index is 140. The molecule has 9 heavy (non-hydrogen) atoms. The number of carbonyl (C=O) groups excluding carboxylic acids is 1. The van der Waals surface area contributed by atoms with Crippen molar-refractivity contribution in [2.75, 3.05) is 0 Å². The molecule has 1 heteroatoms. The third-order valence-corrected chi connectivity index (χ3v) is 2.71. The average Bonchev–Trinajstić information content (AvgIpc) is 2.44. The first-order valence-electron chi connectivity index (χ1n) is 3.62. The number of hydrogen-bond donors (Lipinski definition) is 0. The molecule has 52 valence electrons. The molecule has 0 spiro atoms. The van der Waals surface area contributed by atoms with Crippen LogP contribution < -0.4 is 0 Å². The van der Waals surface area contributed by atoms with Gasteiger partial charge >= 0.3 is 0 Å². The number of ketones is 1. The van der Waals surface area contributed by atoms with Gasteiger partial charge in [0, 0.05) is 5.41 Å². The van der Waals surface area contributed by atoms with E-state index in [1.165, 1.54) is 0 Å². The zero-order valence-corrected chi connectivity index (χ0v) is 6.40. The van der Waals surface area contributed by atoms with Crippen molar-refractivity contribution >= 4 is 5.78 Å². The SMILES string of the molecule is CCC1CC1(C)C(C)=O. The van der Waals surface area contributed by atoms with Gasteiger partial charge in [-0.3, -0.25) is 4.79 Å². The molecular weight excluding hydrogens is 112 g/mol. The van der Waals surface area contributed by atoms with Crippen LogP contribution in [0.3, 0.4) is 0 Å². The molecule has 1 saturated carbocycles. The Morgan fingerprint density at radius 3 is 2.44 bits per heavy atom. The fraction of sp³-hybridized carbons (Fsp3) is 0.875. The van der Waals surface area contributed by atoms with Gasteiger partial charge in [-0.15, -0.1) is 0 Å². The van der Waals surface area contributed by atoms with Crippen molar-refractivity contribution in [1.82, 2.24) is 0 Å². The summed E-state index contributed by atoms with van der Waals surface area (Å²) in [4.78, 5) is 10.9. The highest BCUT2D eigenvalue weighted by molar-refractivity contribution is 5.85. The molecule has 2 unspecified atom stereocenters. The molecule has 1 nitrogen and oxygen atoms in total. The molecule has 2 atom stereocenters. The highest BCUT2D eigenvalue weighted by atomic mass is 16.1. The van der Waals surface area contributed by atoms with Gasteiger partial charge in [0.1, 0.15) is 5.78 Å². The Morgan fingerprint density at radius 1 is 1.78 bits per heavy atom. The van der Waals surface area contributed by atoms with Crippen LogP contribution in [-0.2, 0) is 4.79 Å². The van der Waals surface area contributed by atoms with Crippen LogP contribution in [0.2, 0.25) is 0 Å². The fourth-order valence-corrected chi connectivity index (χ4v) is 1.48. The Balaban J connectivity index is 2.52. The predicted octanol–water partition coefficient (Wildman–Crippen LogP) is 2.01. The second-order valence-corrected chi connectivity index (χ2v) is 3.28. The van der Waals surface area contributed by atoms with Gasteiger partial charge in [-0.2, -0.15) is 0 Å². The third-order valence-electron chi connectivity index (χ3n) is 2.71. The second kappa shape index (κ2) is 1.83. The summed E-state index contributed by atoms with van der Waals surface area (Å²) >= 11 is 0. The molecule has 0 N–H and O–H groups in total. The maximum absolute atomic E-state index is 10.9. The predicted molar refractivity (Wildman–Crippen MR) is 37.2 cm³/mol. The fourth-order valence-electron chi connectivity index (χ4n) is 1.48. The van der Waals surface area contributed by atoms with E-state index < -0.39 is 0 Å². The number of carbonyl (C=O) groups is 1. The summed E-state index contributed by atoms with van der Waals surface area (Å²) < 4.78 is 0. The summed E-state index contributed by atoms with van der Waals surface area (Å²) in [5.74, 6) is 1.06. The minimum atomic E-state index is 0.0781. The quantitative estimate of drug-likeness (QED) is 0.553. The molecule has 0 aromatic heterocycles. The molecule has 0 heterocycles. The van der Waals surface area contributed by atoms with Gasteiger partial charge in [0.15, 0.2) is 0 Å². The zero-order chi connectivity index (χ0) is 7.07. The highest BCUT2D eigenvalue weighted by Crippen LogP contribution is 2.54. The van der Waals surface area contributed by atoms with Crippen LogP contribution >= 0.6 is 0 Å². The maximum atomic E-state index is 10.9. The Morgan fingerprint density at radius 2 is 2.33 bits per heavy atom. The van der Waals surface area contributed by atoms with Gasteiger partial charge in [0.05, 0.1) is 0 Å². The van der Waals surface area contributed by atoms with E-state index in [1.807, 2.05) is 0 Å². The minimum absolute atomic E-state index is 0.0781. The highest BCUT2D eigenvalue weighted by Gasteiger charge is 2.52. The molecule has 1 rings (SSSR count). The third kappa shape index (κ3) is 0.887. The van der Waals surface area contributed by atoms with Crippen molar-refractivity contribution in [2.24, 2.45) is 11.3 Å². The smallest absolute Gasteiger partial charge is 0.135 e. The van der Waals surface area contributed by atoms with Gasteiger partial charge in [-0.25, -0.2) is 0 Å². The second-order valence-electron chi connectivity index (χ2n) is 3.28. The van der Waals surface area contributed by atoms with Gasteiger partial charge < -0.3 is 0 Å². The van der Waals surface area contributed by atoms with E-state index in [1.54, 1.807) is 6.92 Å². The number of rotatable bonds is 2. The monoisotopic (exact) mass is 126 g/mol. The van der Waals surface area contributed by atoms with E-state index in [0.717, 1.165) is 12.8 Å². The first kappa shape index (κ1) is 6.79. The molecule has 0 saturated heterocycles. The van der Waals surface area contributed by atoms with E-state index in [4.69, 9.17) is 0 Å². The van der Waals surface area contributed by atoms with E-state index in [0.29, 0.717) is 11.7 Å². The molecular formula is C8H14O. The van der Waals surface area contributed by atoms with Crippen LogP contribution in [0.25, 0.3) is 0 Å². The van der Waals surface area contributed by atoms with Crippen LogP contribution in [0.15, 0.2) is 0 Å². The standard InChI is InChI=1S/C8H14O/c1-4-7-5-8(7,3)6(2)9/h7H,4-5H2,1-3H3. The number of hydrogen-bond acceptors (Lipinski definition) is 1. The van der Waals surface area contributed by atoms with Crippen molar-refractivity contribution in [3.8, 4) is 0 Å². The minimum Gasteiger partial charge on any atom is -0.299 e. The Labute approximate surface area is 56.4 Å². The van der Waals surface area contributed by atoms with Crippen molar-refractivity contribution in [3.63, 3.8) is 0 Å². The summed E-state index contributed by atoms with van der Waals surface area (Å²) in [6, 6.07) is 0. The summed E-state index contributed by atoms with van der Waals surface area (Å²) in [6.45, 7) is 5.93. The van der Waals surface area contributed by atoms with Crippen molar-refractivity contribution < 1.29 is 4.79 Å². The van der Waals surface area contributed by atoms with Gasteiger partial charge in [0.2, 0.25) is 0 Å². The maximum Gasteiger partial charge on any atom is 0.135 e. The van der Waals surface area contributed by atoms with Gasteiger partial charge in [0.25, 0.3) is 0 Å². The van der Waals surface area contributed by atoms with Crippen molar-refractivity contribution in [1.29, 1.82) is 0 Å². The van der Waals surface area contributed by atoms with Crippen LogP contribution in [0.4, 0.5) is 0 Å². The van der Waals surface area contributed by atoms with Crippen LogP contribution in [-0.4, -0.2) is 5.78 Å². The lowest BCUT2D eigenvalue weighted by molar-refractivity contribution is -0.121. The molecule has 0 amide bonds. The Hall–Kier alpha value is -0.330. The topological polar surface area (TPSA) is 17.1 Å². The van der Waals surface area contributed by atoms with Gasteiger partial charge in [-0.05, 0) is 19.3 Å². The summed E-state index contributed by atoms with van der Waals surface area (Å²) in [6.07, 6.45) is 2.29. The first-order chi connectivity index (χ1) is 4.11. The lowest BCUT2D eigenvalue weighted by atomic mass is 10.0. The summed E-state index contributed by atoms with van der Waals surface area (Å²) in [5.41, 5.74) is 0.0781. The number of Topliss-reactive ketones (excluding diaryl/α,β-unsaturated/α-hetero) is 1. The van der Waals surface area contributed by atoms with E-state index >= 15 is 0 Å². The van der Waals surface area contributed by atoms with Crippen LogP contribution in [0.1, 0.15) is 33.6 Å². The molecule has 1 fully saturated rings. The Kier molecular flexibility index (Phi) is 1.38. The van der Waals surface area contributed by atoms with E-state index in [2.05, 4.69) is 13.8 Å². The van der Waals surface area contributed by atoms with E-state index in [-0.39, 0.29) is 5.41 Å². The lowest BCUT2D eigenvalue weighted by Crippen LogP contribution is -2.09. The van der Waals surface area contributed by atoms with Crippen molar-refractivity contribution in [2.45, 2.75) is 33.6 Å². The molecule has 0 aromatic carbocycles.